The highest BCUT2D eigenvalue weighted by Crippen LogP contribution is 2.22. The first kappa shape index (κ1) is 20.8. The average molecular weight is 388 g/mol. The van der Waals surface area contributed by atoms with Crippen molar-refractivity contribution < 1.29 is 9.59 Å². The lowest BCUT2D eigenvalue weighted by atomic mass is 9.90. The number of hydrogen-bond donors (Lipinski definition) is 2. The molecule has 144 valence electrons. The first-order chi connectivity index (χ1) is 12.7. The van der Waals surface area contributed by atoms with Gasteiger partial charge in [0.1, 0.15) is 0 Å². The van der Waals surface area contributed by atoms with Crippen molar-refractivity contribution >= 4 is 35.6 Å². The molecule has 3 rings (SSSR count). The van der Waals surface area contributed by atoms with Crippen LogP contribution in [0.15, 0.2) is 54.6 Å². The number of halogens is 1. The van der Waals surface area contributed by atoms with Crippen molar-refractivity contribution in [3.05, 3.63) is 60.2 Å². The summed E-state index contributed by atoms with van der Waals surface area (Å²) in [6, 6.07) is 17.7. The van der Waals surface area contributed by atoms with Crippen molar-refractivity contribution in [2.75, 3.05) is 30.8 Å². The highest BCUT2D eigenvalue weighted by atomic mass is 35.5. The number of piperidine rings is 1. The van der Waals surface area contributed by atoms with Crippen LogP contribution in [0.1, 0.15) is 18.4 Å². The van der Waals surface area contributed by atoms with Gasteiger partial charge in [0.05, 0.1) is 0 Å². The van der Waals surface area contributed by atoms with Crippen LogP contribution in [0.3, 0.4) is 0 Å². The van der Waals surface area contributed by atoms with Gasteiger partial charge in [-0.05, 0) is 55.0 Å². The Balaban J connectivity index is 0.00000261. The zero-order chi connectivity index (χ0) is 18.4. The van der Waals surface area contributed by atoms with Gasteiger partial charge in [0, 0.05) is 31.5 Å². The smallest absolute Gasteiger partial charge is 0.313 e. The SMILES string of the molecule is CNc1ccc(NC(=O)C(=O)N2CCC(Cc3ccccc3)CC2)cc1.Cl. The summed E-state index contributed by atoms with van der Waals surface area (Å²) in [6.07, 6.45) is 2.91. The molecule has 1 fully saturated rings. The quantitative estimate of drug-likeness (QED) is 0.788. The topological polar surface area (TPSA) is 61.4 Å². The molecule has 1 saturated heterocycles. The van der Waals surface area contributed by atoms with E-state index in [2.05, 4.69) is 34.9 Å². The first-order valence-corrected chi connectivity index (χ1v) is 9.07. The maximum Gasteiger partial charge on any atom is 0.313 e. The van der Waals surface area contributed by atoms with Crippen molar-refractivity contribution in [2.24, 2.45) is 5.92 Å². The van der Waals surface area contributed by atoms with E-state index >= 15 is 0 Å². The van der Waals surface area contributed by atoms with Crippen molar-refractivity contribution in [2.45, 2.75) is 19.3 Å². The van der Waals surface area contributed by atoms with Gasteiger partial charge in [0.15, 0.2) is 0 Å². The van der Waals surface area contributed by atoms with Gasteiger partial charge in [-0.15, -0.1) is 12.4 Å². The van der Waals surface area contributed by atoms with Gasteiger partial charge in [0.2, 0.25) is 0 Å². The van der Waals surface area contributed by atoms with Crippen molar-refractivity contribution in [3.63, 3.8) is 0 Å². The second-order valence-electron chi connectivity index (χ2n) is 6.71. The summed E-state index contributed by atoms with van der Waals surface area (Å²) < 4.78 is 0. The minimum absolute atomic E-state index is 0. The molecule has 27 heavy (non-hydrogen) atoms. The van der Waals surface area contributed by atoms with E-state index in [-0.39, 0.29) is 12.4 Å². The number of amides is 2. The van der Waals surface area contributed by atoms with Crippen LogP contribution in [0.2, 0.25) is 0 Å². The molecule has 0 unspecified atom stereocenters. The predicted molar refractivity (Wildman–Crippen MR) is 111 cm³/mol. The molecule has 5 nitrogen and oxygen atoms in total. The van der Waals surface area contributed by atoms with Crippen molar-refractivity contribution in [3.8, 4) is 0 Å². The van der Waals surface area contributed by atoms with Gasteiger partial charge in [-0.25, -0.2) is 0 Å². The fourth-order valence-electron chi connectivity index (χ4n) is 3.34. The third kappa shape index (κ3) is 5.73. The Hall–Kier alpha value is -2.53. The normalized spacial score (nSPS) is 14.2. The van der Waals surface area contributed by atoms with E-state index in [9.17, 15) is 9.59 Å². The first-order valence-electron chi connectivity index (χ1n) is 9.07. The molecule has 1 aliphatic heterocycles. The summed E-state index contributed by atoms with van der Waals surface area (Å²) in [4.78, 5) is 26.3. The fourth-order valence-corrected chi connectivity index (χ4v) is 3.34. The Morgan fingerprint density at radius 1 is 0.963 bits per heavy atom. The molecule has 0 atom stereocenters. The second kappa shape index (κ2) is 9.97. The number of hydrogen-bond acceptors (Lipinski definition) is 3. The summed E-state index contributed by atoms with van der Waals surface area (Å²) in [5.41, 5.74) is 2.91. The van der Waals surface area contributed by atoms with E-state index in [1.54, 1.807) is 17.0 Å². The van der Waals surface area contributed by atoms with Crippen LogP contribution in [-0.2, 0) is 16.0 Å². The predicted octanol–water partition coefficient (Wildman–Crippen LogP) is 3.57. The van der Waals surface area contributed by atoms with E-state index in [0.717, 1.165) is 24.9 Å². The standard InChI is InChI=1S/C21H25N3O2.ClH/c1-22-18-7-9-19(10-8-18)23-20(25)21(26)24-13-11-17(12-14-24)15-16-5-3-2-4-6-16;/h2-10,17,22H,11-15H2,1H3,(H,23,25);1H. The van der Waals surface area contributed by atoms with Crippen LogP contribution >= 0.6 is 12.4 Å². The minimum Gasteiger partial charge on any atom is -0.388 e. The van der Waals surface area contributed by atoms with Crippen molar-refractivity contribution in [1.82, 2.24) is 4.90 Å². The number of benzene rings is 2. The Kier molecular flexibility index (Phi) is 7.67. The van der Waals surface area contributed by atoms with Gasteiger partial charge < -0.3 is 15.5 Å². The summed E-state index contributed by atoms with van der Waals surface area (Å²) in [5, 5.41) is 5.70. The van der Waals surface area contributed by atoms with Crippen LogP contribution in [0.5, 0.6) is 0 Å². The number of rotatable bonds is 4. The molecule has 2 aromatic carbocycles. The highest BCUT2D eigenvalue weighted by molar-refractivity contribution is 6.39. The highest BCUT2D eigenvalue weighted by Gasteiger charge is 2.27. The largest absolute Gasteiger partial charge is 0.388 e. The second-order valence-corrected chi connectivity index (χ2v) is 6.71. The molecular formula is C21H26ClN3O2. The van der Waals surface area contributed by atoms with Crippen LogP contribution in [-0.4, -0.2) is 36.9 Å². The summed E-state index contributed by atoms with van der Waals surface area (Å²) in [5.74, 6) is -0.442. The molecule has 2 amide bonds. The van der Waals surface area contributed by atoms with E-state index in [0.29, 0.717) is 24.7 Å². The van der Waals surface area contributed by atoms with E-state index < -0.39 is 11.8 Å². The lowest BCUT2D eigenvalue weighted by molar-refractivity contribution is -0.144. The number of nitrogens with zero attached hydrogens (tertiary/aromatic N) is 1. The number of carbonyl (C=O) groups is 2. The molecular weight excluding hydrogens is 362 g/mol. The molecule has 1 heterocycles. The van der Waals surface area contributed by atoms with Gasteiger partial charge in [-0.2, -0.15) is 0 Å². The Labute approximate surface area is 166 Å². The van der Waals surface area contributed by atoms with Gasteiger partial charge in [0.25, 0.3) is 0 Å². The summed E-state index contributed by atoms with van der Waals surface area (Å²) >= 11 is 0. The number of anilines is 2. The summed E-state index contributed by atoms with van der Waals surface area (Å²) in [6.45, 7) is 1.28. The van der Waals surface area contributed by atoms with Crippen molar-refractivity contribution in [1.29, 1.82) is 0 Å². The Morgan fingerprint density at radius 2 is 1.56 bits per heavy atom. The summed E-state index contributed by atoms with van der Waals surface area (Å²) in [7, 11) is 1.83. The van der Waals surface area contributed by atoms with Gasteiger partial charge in [-0.1, -0.05) is 30.3 Å². The molecule has 0 bridgehead atoms. The van der Waals surface area contributed by atoms with E-state index in [4.69, 9.17) is 0 Å². The molecule has 2 aromatic rings. The minimum atomic E-state index is -0.566. The maximum atomic E-state index is 12.4. The number of likely N-dealkylation sites (tertiary alicyclic amines) is 1. The fraction of sp³-hybridized carbons (Fsp3) is 0.333. The lowest BCUT2D eigenvalue weighted by Gasteiger charge is -2.31. The lowest BCUT2D eigenvalue weighted by Crippen LogP contribution is -2.44. The van der Waals surface area contributed by atoms with Crippen LogP contribution in [0.25, 0.3) is 0 Å². The molecule has 0 aromatic heterocycles. The Bertz CT molecular complexity index is 742. The molecule has 0 saturated carbocycles. The Morgan fingerprint density at radius 3 is 2.15 bits per heavy atom. The molecule has 0 aliphatic carbocycles. The van der Waals surface area contributed by atoms with Crippen LogP contribution < -0.4 is 10.6 Å². The van der Waals surface area contributed by atoms with E-state index in [1.807, 2.05) is 25.2 Å². The molecule has 2 N–H and O–H groups in total. The third-order valence-corrected chi connectivity index (χ3v) is 4.89. The van der Waals surface area contributed by atoms with Crippen LogP contribution in [0, 0.1) is 5.92 Å². The van der Waals surface area contributed by atoms with Gasteiger partial charge in [-0.3, -0.25) is 9.59 Å². The van der Waals surface area contributed by atoms with Crippen LogP contribution in [0.4, 0.5) is 11.4 Å². The van der Waals surface area contributed by atoms with Gasteiger partial charge >= 0.3 is 11.8 Å². The third-order valence-electron chi connectivity index (χ3n) is 4.89. The molecule has 0 spiro atoms. The monoisotopic (exact) mass is 387 g/mol. The number of nitrogens with one attached hydrogen (secondary N) is 2. The number of carbonyl (C=O) groups excluding carboxylic acids is 2. The van der Waals surface area contributed by atoms with E-state index in [1.165, 1.54) is 5.56 Å². The molecule has 6 heteroatoms. The molecule has 1 aliphatic rings. The average Bonchev–Trinajstić information content (AvgIpc) is 2.69. The molecule has 0 radical (unpaired) electrons. The zero-order valence-corrected chi connectivity index (χ0v) is 16.3. The maximum absolute atomic E-state index is 12.4. The zero-order valence-electron chi connectivity index (χ0n) is 15.5.